The van der Waals surface area contributed by atoms with Crippen molar-refractivity contribution in [1.82, 2.24) is 15.3 Å². The molecule has 160 valence electrons. The second-order valence-electron chi connectivity index (χ2n) is 8.10. The molecule has 4 rings (SSSR count). The summed E-state index contributed by atoms with van der Waals surface area (Å²) in [5.41, 5.74) is 1.12. The molecule has 1 amide bonds. The standard InChI is InChI=1S/C24H25FN4O2/c1-29(15-2-3-16-29)17-14-27-24(30)22-12-13-26-23(28-22)18-4-8-20(9-5-18)31-21-10-6-19(25)7-11-21/h4-13H,2-3,14-17H2,1H3/p+1. The van der Waals surface area contributed by atoms with Gasteiger partial charge in [0.05, 0.1) is 33.2 Å². The minimum Gasteiger partial charge on any atom is -0.457 e. The zero-order valence-electron chi connectivity index (χ0n) is 17.6. The van der Waals surface area contributed by atoms with Crippen molar-refractivity contribution in [2.24, 2.45) is 0 Å². The lowest BCUT2D eigenvalue weighted by Gasteiger charge is -2.29. The lowest BCUT2D eigenvalue weighted by atomic mass is 10.2. The molecule has 2 heterocycles. The minimum atomic E-state index is -0.310. The summed E-state index contributed by atoms with van der Waals surface area (Å²) in [6.45, 7) is 3.91. The van der Waals surface area contributed by atoms with Gasteiger partial charge in [-0.05, 0) is 54.6 Å². The number of benzene rings is 2. The van der Waals surface area contributed by atoms with Gasteiger partial charge in [0.25, 0.3) is 5.91 Å². The van der Waals surface area contributed by atoms with E-state index in [1.54, 1.807) is 36.5 Å². The SMILES string of the molecule is C[N+]1(CCNC(=O)c2ccnc(-c3ccc(Oc4ccc(F)cc4)cc3)n2)CCCC1. The van der Waals surface area contributed by atoms with Gasteiger partial charge in [-0.2, -0.15) is 0 Å². The fourth-order valence-corrected chi connectivity index (χ4v) is 3.79. The Morgan fingerprint density at radius 2 is 1.68 bits per heavy atom. The van der Waals surface area contributed by atoms with Crippen LogP contribution in [0.25, 0.3) is 11.4 Å². The molecule has 0 saturated carbocycles. The molecule has 0 spiro atoms. The molecule has 3 aromatic rings. The number of carbonyl (C=O) groups excluding carboxylic acids is 1. The molecule has 1 aromatic heterocycles. The average molecular weight is 421 g/mol. The Hall–Kier alpha value is -3.32. The summed E-state index contributed by atoms with van der Waals surface area (Å²) < 4.78 is 19.7. The smallest absolute Gasteiger partial charge is 0.270 e. The van der Waals surface area contributed by atoms with Crippen LogP contribution in [0.15, 0.2) is 60.8 Å². The predicted molar refractivity (Wildman–Crippen MR) is 116 cm³/mol. The van der Waals surface area contributed by atoms with Crippen LogP contribution in [-0.4, -0.2) is 53.6 Å². The lowest BCUT2D eigenvalue weighted by molar-refractivity contribution is -0.896. The number of amides is 1. The summed E-state index contributed by atoms with van der Waals surface area (Å²) in [5, 5.41) is 2.98. The minimum absolute atomic E-state index is 0.189. The van der Waals surface area contributed by atoms with Crippen LogP contribution in [0.1, 0.15) is 23.3 Å². The van der Waals surface area contributed by atoms with Gasteiger partial charge >= 0.3 is 0 Å². The van der Waals surface area contributed by atoms with Crippen molar-refractivity contribution >= 4 is 5.91 Å². The number of quaternary nitrogens is 1. The van der Waals surface area contributed by atoms with Gasteiger partial charge in [-0.1, -0.05) is 0 Å². The van der Waals surface area contributed by atoms with E-state index in [4.69, 9.17) is 4.74 Å². The van der Waals surface area contributed by atoms with E-state index < -0.39 is 0 Å². The Balaban J connectivity index is 1.38. The molecule has 0 unspecified atom stereocenters. The van der Waals surface area contributed by atoms with E-state index >= 15 is 0 Å². The molecule has 1 N–H and O–H groups in total. The predicted octanol–water partition coefficient (Wildman–Crippen LogP) is 4.05. The highest BCUT2D eigenvalue weighted by Gasteiger charge is 2.26. The summed E-state index contributed by atoms with van der Waals surface area (Å²) in [4.78, 5) is 21.2. The first-order valence-electron chi connectivity index (χ1n) is 10.5. The fraction of sp³-hybridized carbons (Fsp3) is 0.292. The first-order chi connectivity index (χ1) is 15.0. The zero-order chi connectivity index (χ0) is 21.7. The maximum absolute atomic E-state index is 13.0. The van der Waals surface area contributed by atoms with Crippen molar-refractivity contribution in [3.8, 4) is 22.9 Å². The van der Waals surface area contributed by atoms with E-state index in [-0.39, 0.29) is 11.7 Å². The number of halogens is 1. The number of nitrogens with one attached hydrogen (secondary N) is 1. The highest BCUT2D eigenvalue weighted by Crippen LogP contribution is 2.24. The van der Waals surface area contributed by atoms with E-state index in [1.807, 2.05) is 12.1 Å². The zero-order valence-corrected chi connectivity index (χ0v) is 17.6. The molecule has 1 saturated heterocycles. The topological polar surface area (TPSA) is 64.1 Å². The molecular formula is C24H26FN4O2+. The van der Waals surface area contributed by atoms with Gasteiger partial charge in [0.15, 0.2) is 5.82 Å². The van der Waals surface area contributed by atoms with Crippen molar-refractivity contribution in [1.29, 1.82) is 0 Å². The van der Waals surface area contributed by atoms with E-state index in [0.717, 1.165) is 16.6 Å². The summed E-state index contributed by atoms with van der Waals surface area (Å²) in [6, 6.07) is 14.7. The van der Waals surface area contributed by atoms with Crippen molar-refractivity contribution in [2.75, 3.05) is 33.2 Å². The molecule has 0 atom stereocenters. The molecule has 0 aliphatic carbocycles. The first-order valence-corrected chi connectivity index (χ1v) is 10.5. The molecule has 1 aliphatic rings. The van der Waals surface area contributed by atoms with E-state index in [0.29, 0.717) is 29.6 Å². The number of likely N-dealkylation sites (N-methyl/N-ethyl adjacent to an activating group) is 1. The number of hydrogen-bond acceptors (Lipinski definition) is 4. The number of aromatic nitrogens is 2. The molecular weight excluding hydrogens is 395 g/mol. The van der Waals surface area contributed by atoms with Gasteiger partial charge in [0, 0.05) is 24.6 Å². The van der Waals surface area contributed by atoms with E-state index in [2.05, 4.69) is 22.3 Å². The van der Waals surface area contributed by atoms with Gasteiger partial charge in [-0.3, -0.25) is 4.79 Å². The molecule has 31 heavy (non-hydrogen) atoms. The molecule has 0 bridgehead atoms. The van der Waals surface area contributed by atoms with E-state index in [1.165, 1.54) is 38.1 Å². The Bertz CT molecular complexity index is 1030. The average Bonchev–Trinajstić information content (AvgIpc) is 3.22. The van der Waals surface area contributed by atoms with Crippen LogP contribution in [0, 0.1) is 5.82 Å². The number of rotatable bonds is 7. The fourth-order valence-electron chi connectivity index (χ4n) is 3.79. The molecule has 1 fully saturated rings. The second-order valence-corrected chi connectivity index (χ2v) is 8.10. The third kappa shape index (κ3) is 5.44. The lowest BCUT2D eigenvalue weighted by Crippen LogP contribution is -2.46. The second kappa shape index (κ2) is 9.22. The van der Waals surface area contributed by atoms with Crippen LogP contribution in [0.3, 0.4) is 0 Å². The number of ether oxygens (including phenoxy) is 1. The quantitative estimate of drug-likeness (QED) is 0.585. The number of carbonyl (C=O) groups is 1. The number of nitrogens with zero attached hydrogens (tertiary/aromatic N) is 3. The van der Waals surface area contributed by atoms with Crippen LogP contribution < -0.4 is 10.1 Å². The monoisotopic (exact) mass is 421 g/mol. The maximum atomic E-state index is 13.0. The third-order valence-electron chi connectivity index (χ3n) is 5.63. The van der Waals surface area contributed by atoms with Gasteiger partial charge in [0.1, 0.15) is 23.0 Å². The maximum Gasteiger partial charge on any atom is 0.270 e. The van der Waals surface area contributed by atoms with Gasteiger partial charge in [-0.15, -0.1) is 0 Å². The van der Waals surface area contributed by atoms with E-state index in [9.17, 15) is 9.18 Å². The van der Waals surface area contributed by atoms with Crippen LogP contribution >= 0.6 is 0 Å². The van der Waals surface area contributed by atoms with Crippen LogP contribution in [0.2, 0.25) is 0 Å². The Morgan fingerprint density at radius 3 is 2.35 bits per heavy atom. The van der Waals surface area contributed by atoms with Crippen LogP contribution in [0.4, 0.5) is 4.39 Å². The molecule has 1 aliphatic heterocycles. The number of hydrogen-bond donors (Lipinski definition) is 1. The highest BCUT2D eigenvalue weighted by molar-refractivity contribution is 5.92. The van der Waals surface area contributed by atoms with Crippen molar-refractivity contribution in [3.05, 3.63) is 72.3 Å². The van der Waals surface area contributed by atoms with Crippen LogP contribution in [0.5, 0.6) is 11.5 Å². The first kappa shape index (κ1) is 20.9. The Labute approximate surface area is 181 Å². The third-order valence-corrected chi connectivity index (χ3v) is 5.63. The van der Waals surface area contributed by atoms with Gasteiger partial charge in [0.2, 0.25) is 0 Å². The summed E-state index contributed by atoms with van der Waals surface area (Å²) >= 11 is 0. The number of likely N-dealkylation sites (tertiary alicyclic amines) is 1. The van der Waals surface area contributed by atoms with Gasteiger partial charge < -0.3 is 14.5 Å². The Kier molecular flexibility index (Phi) is 6.23. The molecule has 0 radical (unpaired) electrons. The molecule has 2 aromatic carbocycles. The molecule has 6 nitrogen and oxygen atoms in total. The Morgan fingerprint density at radius 1 is 1.03 bits per heavy atom. The van der Waals surface area contributed by atoms with Crippen molar-refractivity contribution < 1.29 is 18.4 Å². The normalized spacial score (nSPS) is 14.9. The van der Waals surface area contributed by atoms with Crippen molar-refractivity contribution in [2.45, 2.75) is 12.8 Å². The van der Waals surface area contributed by atoms with Crippen molar-refractivity contribution in [3.63, 3.8) is 0 Å². The van der Waals surface area contributed by atoms with Crippen LogP contribution in [-0.2, 0) is 0 Å². The summed E-state index contributed by atoms with van der Waals surface area (Å²) in [5.74, 6) is 1.14. The summed E-state index contributed by atoms with van der Waals surface area (Å²) in [6.07, 6.45) is 4.11. The molecule has 7 heteroatoms. The largest absolute Gasteiger partial charge is 0.457 e. The highest BCUT2D eigenvalue weighted by atomic mass is 19.1. The summed E-state index contributed by atoms with van der Waals surface area (Å²) in [7, 11) is 2.24. The van der Waals surface area contributed by atoms with Gasteiger partial charge in [-0.25, -0.2) is 14.4 Å².